The average Bonchev–Trinajstić information content (AvgIpc) is 3.20. The Morgan fingerprint density at radius 3 is 2.78 bits per heavy atom. The van der Waals surface area contributed by atoms with E-state index >= 15 is 0 Å². The van der Waals surface area contributed by atoms with Crippen molar-refractivity contribution in [2.24, 2.45) is 4.99 Å². The van der Waals surface area contributed by atoms with Crippen LogP contribution in [0, 0.1) is 0 Å². The Hall–Kier alpha value is -3.32. The molecule has 1 aromatic heterocycles. The molecule has 0 saturated heterocycles. The van der Waals surface area contributed by atoms with Gasteiger partial charge in [0.15, 0.2) is 0 Å². The van der Waals surface area contributed by atoms with Crippen LogP contribution in [0.5, 0.6) is 11.6 Å². The number of aromatic nitrogens is 1. The van der Waals surface area contributed by atoms with Crippen molar-refractivity contribution < 1.29 is 9.84 Å². The third-order valence-electron chi connectivity index (χ3n) is 4.06. The van der Waals surface area contributed by atoms with E-state index in [9.17, 15) is 9.90 Å². The average molecular weight is 379 g/mol. The molecule has 0 unspecified atom stereocenters. The Morgan fingerprint density at radius 1 is 1.22 bits per heavy atom. The van der Waals surface area contributed by atoms with Gasteiger partial charge in [0.25, 0.3) is 0 Å². The molecule has 4 rings (SSSR count). The minimum Gasteiger partial charge on any atom is -0.494 e. The molecule has 0 spiro atoms. The lowest BCUT2D eigenvalue weighted by atomic mass is 10.1. The van der Waals surface area contributed by atoms with E-state index in [1.165, 1.54) is 0 Å². The predicted octanol–water partition coefficient (Wildman–Crippen LogP) is 4.15. The van der Waals surface area contributed by atoms with E-state index in [4.69, 9.17) is 4.74 Å². The maximum atomic E-state index is 12.3. The van der Waals surface area contributed by atoms with Gasteiger partial charge in [-0.25, -0.2) is 0 Å². The molecule has 0 aliphatic carbocycles. The summed E-state index contributed by atoms with van der Waals surface area (Å²) in [6, 6.07) is 14.9. The lowest BCUT2D eigenvalue weighted by molar-refractivity contribution is 0.340. The minimum atomic E-state index is -0.309. The van der Waals surface area contributed by atoms with Crippen molar-refractivity contribution in [3.05, 3.63) is 68.6 Å². The van der Waals surface area contributed by atoms with Gasteiger partial charge in [0.2, 0.25) is 5.88 Å². The van der Waals surface area contributed by atoms with Crippen molar-refractivity contribution in [3.8, 4) is 11.6 Å². The van der Waals surface area contributed by atoms with Gasteiger partial charge in [0, 0.05) is 17.4 Å². The largest absolute Gasteiger partial charge is 0.494 e. The Balaban J connectivity index is 1.62. The Bertz CT molecular complexity index is 1090. The van der Waals surface area contributed by atoms with Crippen LogP contribution in [0.25, 0.3) is 11.6 Å². The summed E-state index contributed by atoms with van der Waals surface area (Å²) in [7, 11) is 0. The van der Waals surface area contributed by atoms with Crippen LogP contribution in [0.4, 0.5) is 11.4 Å². The zero-order valence-corrected chi connectivity index (χ0v) is 15.4. The lowest BCUT2D eigenvalue weighted by Crippen LogP contribution is -2.20. The number of hydrogen-bond acceptors (Lipinski definition) is 6. The van der Waals surface area contributed by atoms with Gasteiger partial charge in [-0.15, -0.1) is 0 Å². The van der Waals surface area contributed by atoms with Crippen molar-refractivity contribution in [1.82, 2.24) is 4.68 Å². The summed E-state index contributed by atoms with van der Waals surface area (Å²) in [4.78, 5) is 16.8. The summed E-state index contributed by atoms with van der Waals surface area (Å²) in [6.07, 6.45) is 3.51. The second-order valence-electron chi connectivity index (χ2n) is 5.84. The number of anilines is 1. The number of rotatable bonds is 5. The van der Waals surface area contributed by atoms with Crippen LogP contribution in [-0.2, 0) is 0 Å². The van der Waals surface area contributed by atoms with E-state index in [1.54, 1.807) is 36.6 Å². The number of fused-ring (bicyclic) bond motifs is 1. The van der Waals surface area contributed by atoms with Crippen LogP contribution in [0.2, 0.25) is 0 Å². The molecule has 0 bridgehead atoms. The van der Waals surface area contributed by atoms with E-state index in [1.807, 2.05) is 31.2 Å². The number of thiazole rings is 1. The molecule has 7 heteroatoms. The molecule has 27 heavy (non-hydrogen) atoms. The predicted molar refractivity (Wildman–Crippen MR) is 109 cm³/mol. The van der Waals surface area contributed by atoms with Crippen LogP contribution in [0.15, 0.2) is 58.3 Å². The Kier molecular flexibility index (Phi) is 4.52. The SMILES string of the molecule is CCOc1ccc(Nn2c(O)c(/C=C3/C=Nc4ccccc43)sc2=O)cc1. The maximum absolute atomic E-state index is 12.3. The molecule has 136 valence electrons. The van der Waals surface area contributed by atoms with Gasteiger partial charge in [-0.2, -0.15) is 4.68 Å². The van der Waals surface area contributed by atoms with E-state index < -0.39 is 0 Å². The number of para-hydroxylation sites is 1. The first kappa shape index (κ1) is 17.1. The third kappa shape index (κ3) is 3.37. The van der Waals surface area contributed by atoms with Crippen LogP contribution in [-0.4, -0.2) is 22.6 Å². The molecule has 1 aliphatic heterocycles. The number of aliphatic imine (C=N–C) groups is 1. The quantitative estimate of drug-likeness (QED) is 0.698. The highest BCUT2D eigenvalue weighted by Crippen LogP contribution is 2.34. The van der Waals surface area contributed by atoms with Gasteiger partial charge < -0.3 is 9.84 Å². The van der Waals surface area contributed by atoms with E-state index in [0.29, 0.717) is 17.2 Å². The number of hydrogen-bond donors (Lipinski definition) is 2. The summed E-state index contributed by atoms with van der Waals surface area (Å²) in [5.41, 5.74) is 6.30. The van der Waals surface area contributed by atoms with Crippen molar-refractivity contribution in [1.29, 1.82) is 0 Å². The molecule has 3 aromatic rings. The molecule has 6 nitrogen and oxygen atoms in total. The van der Waals surface area contributed by atoms with E-state index in [-0.39, 0.29) is 10.8 Å². The summed E-state index contributed by atoms with van der Waals surface area (Å²) >= 11 is 0.965. The zero-order chi connectivity index (χ0) is 18.8. The number of benzene rings is 2. The molecule has 0 fully saturated rings. The van der Waals surface area contributed by atoms with E-state index in [2.05, 4.69) is 10.4 Å². The minimum absolute atomic E-state index is 0.135. The van der Waals surface area contributed by atoms with Gasteiger partial charge in [0.1, 0.15) is 5.75 Å². The number of ether oxygens (including phenoxy) is 1. The smallest absolute Gasteiger partial charge is 0.329 e. The monoisotopic (exact) mass is 379 g/mol. The molecule has 2 N–H and O–H groups in total. The number of allylic oxidation sites excluding steroid dienone is 1. The van der Waals surface area contributed by atoms with Crippen molar-refractivity contribution >= 4 is 40.6 Å². The number of aromatic hydroxyl groups is 1. The highest BCUT2D eigenvalue weighted by Gasteiger charge is 2.16. The third-order valence-corrected chi connectivity index (χ3v) is 4.94. The van der Waals surface area contributed by atoms with E-state index in [0.717, 1.165) is 38.6 Å². The molecule has 1 aliphatic rings. The fourth-order valence-electron chi connectivity index (χ4n) is 2.79. The standard InChI is InChI=1S/C20H17N3O3S/c1-2-26-15-9-7-14(8-10-15)22-23-19(24)18(27-20(23)25)11-13-12-21-17-6-4-3-5-16(13)17/h3-12,22,24H,2H2,1H3/b13-11-. The molecule has 0 radical (unpaired) electrons. The summed E-state index contributed by atoms with van der Waals surface area (Å²) in [5, 5.41) is 10.5. The maximum Gasteiger partial charge on any atom is 0.329 e. The van der Waals surface area contributed by atoms with Crippen LogP contribution in [0.1, 0.15) is 17.4 Å². The Morgan fingerprint density at radius 2 is 2.00 bits per heavy atom. The number of nitrogens with zero attached hydrogens (tertiary/aromatic N) is 2. The second kappa shape index (κ2) is 7.13. The summed E-state index contributed by atoms with van der Waals surface area (Å²) in [5.74, 6) is 0.610. The van der Waals surface area contributed by atoms with Crippen LogP contribution >= 0.6 is 11.3 Å². The fourth-order valence-corrected chi connectivity index (χ4v) is 3.57. The Labute approximate surface area is 159 Å². The highest BCUT2D eigenvalue weighted by molar-refractivity contribution is 7.10. The zero-order valence-electron chi connectivity index (χ0n) is 14.5. The van der Waals surface area contributed by atoms with Crippen molar-refractivity contribution in [2.45, 2.75) is 6.92 Å². The highest BCUT2D eigenvalue weighted by atomic mass is 32.1. The molecular formula is C20H17N3O3S. The summed E-state index contributed by atoms with van der Waals surface area (Å²) in [6.45, 7) is 2.50. The van der Waals surface area contributed by atoms with Gasteiger partial charge in [-0.1, -0.05) is 29.5 Å². The van der Waals surface area contributed by atoms with Gasteiger partial charge in [-0.05, 0) is 43.3 Å². The molecule has 0 saturated carbocycles. The molecule has 2 heterocycles. The topological polar surface area (TPSA) is 75.8 Å². The molecule has 2 aromatic carbocycles. The first-order valence-corrected chi connectivity index (χ1v) is 9.27. The summed E-state index contributed by atoms with van der Waals surface area (Å²) < 4.78 is 6.53. The van der Waals surface area contributed by atoms with Gasteiger partial charge in [0.05, 0.1) is 22.9 Å². The van der Waals surface area contributed by atoms with Crippen LogP contribution in [0.3, 0.4) is 0 Å². The van der Waals surface area contributed by atoms with Crippen LogP contribution < -0.4 is 15.0 Å². The number of nitrogens with one attached hydrogen (secondary N) is 1. The van der Waals surface area contributed by atoms with Gasteiger partial charge in [-0.3, -0.25) is 15.2 Å². The van der Waals surface area contributed by atoms with Gasteiger partial charge >= 0.3 is 4.87 Å². The van der Waals surface area contributed by atoms with Crippen molar-refractivity contribution in [3.63, 3.8) is 0 Å². The molecular weight excluding hydrogens is 362 g/mol. The lowest BCUT2D eigenvalue weighted by Gasteiger charge is -2.09. The normalized spacial score (nSPS) is 13.7. The molecule has 0 atom stereocenters. The fraction of sp³-hybridized carbons (Fsp3) is 0.100. The first-order chi connectivity index (χ1) is 13.2. The molecule has 0 amide bonds. The van der Waals surface area contributed by atoms with Crippen molar-refractivity contribution in [2.75, 3.05) is 12.0 Å². The first-order valence-electron chi connectivity index (χ1n) is 8.45. The second-order valence-corrected chi connectivity index (χ2v) is 6.83.